The van der Waals surface area contributed by atoms with E-state index in [1.54, 1.807) is 18.5 Å². The van der Waals surface area contributed by atoms with Crippen molar-refractivity contribution >= 4 is 12.1 Å². The van der Waals surface area contributed by atoms with Crippen LogP contribution in [0.1, 0.15) is 18.5 Å². The molecule has 3 heterocycles. The predicted octanol–water partition coefficient (Wildman–Crippen LogP) is 0.749. The van der Waals surface area contributed by atoms with E-state index < -0.39 is 11.4 Å². The van der Waals surface area contributed by atoms with Crippen LogP contribution in [0, 0.1) is 0 Å². The quantitative estimate of drug-likeness (QED) is 0.817. The minimum Gasteiger partial charge on any atom is -0.379 e. The fraction of sp³-hybridized carbons (Fsp3) is 0.421. The monoisotopic (exact) mass is 368 g/mol. The Hall–Kier alpha value is -2.71. The number of nitrogens with zero attached hydrogens (tertiary/aromatic N) is 4. The lowest BCUT2D eigenvalue weighted by Crippen LogP contribution is -2.62. The molecule has 3 N–H and O–H groups in total. The van der Waals surface area contributed by atoms with Gasteiger partial charge in [-0.3, -0.25) is 19.8 Å². The van der Waals surface area contributed by atoms with Crippen LogP contribution in [0.4, 0.5) is 0 Å². The first-order valence-electron chi connectivity index (χ1n) is 9.11. The van der Waals surface area contributed by atoms with Crippen LogP contribution in [0.25, 0.3) is 0 Å². The highest BCUT2D eigenvalue weighted by atomic mass is 16.5. The van der Waals surface area contributed by atoms with Gasteiger partial charge in [-0.15, -0.1) is 0 Å². The summed E-state index contributed by atoms with van der Waals surface area (Å²) in [5.41, 5.74) is 6.63. The number of morpholine rings is 1. The summed E-state index contributed by atoms with van der Waals surface area (Å²) in [5.74, 6) is -0.503. The number of ether oxygens (including phenoxy) is 1. The Balaban J connectivity index is 1.78. The van der Waals surface area contributed by atoms with Crippen molar-refractivity contribution in [2.75, 3.05) is 26.3 Å². The van der Waals surface area contributed by atoms with Crippen molar-refractivity contribution in [3.63, 3.8) is 0 Å². The van der Waals surface area contributed by atoms with E-state index >= 15 is 0 Å². The normalized spacial score (nSPS) is 31.1. The summed E-state index contributed by atoms with van der Waals surface area (Å²) in [4.78, 5) is 21.3. The number of hydrogen-bond acceptors (Lipinski definition) is 6. The van der Waals surface area contributed by atoms with Gasteiger partial charge in [-0.25, -0.2) is 0 Å². The minimum atomic E-state index is -0.553. The van der Waals surface area contributed by atoms with Crippen LogP contribution in [0.5, 0.6) is 0 Å². The Bertz CT molecular complexity index is 806. The van der Waals surface area contributed by atoms with Crippen molar-refractivity contribution in [2.45, 2.75) is 24.7 Å². The lowest BCUT2D eigenvalue weighted by atomic mass is 9.78. The molecule has 3 atom stereocenters. The smallest absolute Gasteiger partial charge is 0.265 e. The average Bonchev–Trinajstić information content (AvgIpc) is 3.23. The van der Waals surface area contributed by atoms with Gasteiger partial charge in [0.05, 0.1) is 18.8 Å². The van der Waals surface area contributed by atoms with Gasteiger partial charge < -0.3 is 15.4 Å². The van der Waals surface area contributed by atoms with Gasteiger partial charge >= 0.3 is 0 Å². The largest absolute Gasteiger partial charge is 0.379 e. The molecule has 0 aromatic carbocycles. The number of nitrogens with one attached hydrogen (secondary N) is 1. The van der Waals surface area contributed by atoms with E-state index in [2.05, 4.69) is 34.2 Å². The maximum absolute atomic E-state index is 12.3. The second-order valence-corrected chi connectivity index (χ2v) is 7.04. The van der Waals surface area contributed by atoms with E-state index in [0.29, 0.717) is 18.9 Å². The van der Waals surface area contributed by atoms with E-state index in [-0.39, 0.29) is 12.2 Å². The third-order valence-corrected chi connectivity index (χ3v) is 5.42. The fourth-order valence-electron chi connectivity index (χ4n) is 4.05. The zero-order chi connectivity index (χ0) is 18.9. The molecule has 0 radical (unpaired) electrons. The summed E-state index contributed by atoms with van der Waals surface area (Å²) < 4.78 is 5.49. The first kappa shape index (κ1) is 17.7. The number of carbonyl (C=O) groups is 1. The molecule has 1 saturated heterocycles. The minimum absolute atomic E-state index is 0.0374. The highest BCUT2D eigenvalue weighted by Gasteiger charge is 2.46. The van der Waals surface area contributed by atoms with E-state index in [0.717, 1.165) is 18.8 Å². The lowest BCUT2D eigenvalue weighted by Gasteiger charge is -2.52. The van der Waals surface area contributed by atoms with Gasteiger partial charge in [0.2, 0.25) is 0 Å². The maximum atomic E-state index is 12.3. The van der Waals surface area contributed by atoms with Gasteiger partial charge in [-0.2, -0.15) is 5.10 Å². The Kier molecular flexibility index (Phi) is 4.67. The molecule has 4 rings (SSSR count). The van der Waals surface area contributed by atoms with E-state index in [1.165, 1.54) is 0 Å². The number of aliphatic imine (C=N–C) groups is 1. The molecule has 8 nitrogen and oxygen atoms in total. The second-order valence-electron chi connectivity index (χ2n) is 7.04. The number of amides is 1. The number of nitrogens with two attached hydrogens (primary N) is 1. The van der Waals surface area contributed by atoms with Crippen molar-refractivity contribution < 1.29 is 9.53 Å². The topological polar surface area (TPSA) is 99.8 Å². The predicted molar refractivity (Wildman–Crippen MR) is 102 cm³/mol. The summed E-state index contributed by atoms with van der Waals surface area (Å²) in [6, 6.07) is 1.96. The second kappa shape index (κ2) is 7.13. The molecule has 8 heteroatoms. The molecule has 1 amide bonds. The molecule has 142 valence electrons. The van der Waals surface area contributed by atoms with Crippen molar-refractivity contribution in [1.82, 2.24) is 20.0 Å². The first-order chi connectivity index (χ1) is 13.1. The molecular weight excluding hydrogens is 344 g/mol. The number of hydrogen-bond donors (Lipinski definition) is 2. The van der Waals surface area contributed by atoms with Crippen LogP contribution in [-0.2, 0) is 9.53 Å². The number of H-pyrrole nitrogens is 1. The number of rotatable bonds is 4. The molecule has 1 fully saturated rings. The summed E-state index contributed by atoms with van der Waals surface area (Å²) in [5, 5.41) is 7.18. The molecule has 0 saturated carbocycles. The van der Waals surface area contributed by atoms with Crippen LogP contribution < -0.4 is 5.73 Å². The van der Waals surface area contributed by atoms with Crippen LogP contribution >= 0.6 is 0 Å². The zero-order valence-corrected chi connectivity index (χ0v) is 15.3. The summed E-state index contributed by atoms with van der Waals surface area (Å²) in [6.45, 7) is 4.88. The van der Waals surface area contributed by atoms with Gasteiger partial charge in [0.15, 0.2) is 6.29 Å². The van der Waals surface area contributed by atoms with Gasteiger partial charge in [0, 0.05) is 37.1 Å². The number of primary amides is 1. The highest BCUT2D eigenvalue weighted by Crippen LogP contribution is 2.42. The molecule has 2 aliphatic heterocycles. The zero-order valence-electron chi connectivity index (χ0n) is 15.3. The van der Waals surface area contributed by atoms with Crippen LogP contribution in [0.15, 0.2) is 53.3 Å². The Morgan fingerprint density at radius 3 is 2.89 bits per heavy atom. The Morgan fingerprint density at radius 2 is 2.19 bits per heavy atom. The number of aromatic amines is 1. The van der Waals surface area contributed by atoms with Gasteiger partial charge in [-0.05, 0) is 19.1 Å². The summed E-state index contributed by atoms with van der Waals surface area (Å²) in [6.07, 6.45) is 13.0. The third-order valence-electron chi connectivity index (χ3n) is 5.42. The van der Waals surface area contributed by atoms with Crippen molar-refractivity contribution in [2.24, 2.45) is 10.7 Å². The van der Waals surface area contributed by atoms with Crippen molar-refractivity contribution in [3.05, 3.63) is 54.0 Å². The van der Waals surface area contributed by atoms with E-state index in [9.17, 15) is 4.79 Å². The molecular formula is C19H24N6O2. The van der Waals surface area contributed by atoms with Crippen molar-refractivity contribution in [1.29, 1.82) is 0 Å². The van der Waals surface area contributed by atoms with E-state index in [1.807, 2.05) is 23.1 Å². The van der Waals surface area contributed by atoms with Gasteiger partial charge in [0.1, 0.15) is 5.70 Å². The van der Waals surface area contributed by atoms with E-state index in [4.69, 9.17) is 15.5 Å². The van der Waals surface area contributed by atoms with Crippen LogP contribution in [-0.4, -0.2) is 70.3 Å². The van der Waals surface area contributed by atoms with Crippen molar-refractivity contribution in [3.8, 4) is 0 Å². The fourth-order valence-corrected chi connectivity index (χ4v) is 4.05. The average molecular weight is 368 g/mol. The van der Waals surface area contributed by atoms with Crippen LogP contribution in [0.2, 0.25) is 0 Å². The molecule has 1 aromatic rings. The third kappa shape index (κ3) is 3.11. The summed E-state index contributed by atoms with van der Waals surface area (Å²) >= 11 is 0. The molecule has 0 bridgehead atoms. The molecule has 3 aliphatic rings. The standard InChI is InChI=1S/C19H24N6O2/c1-19(7-3-2-4-14(19)15-5-9-22-23-15)25-16(17(20)26)6-8-21-18(25)24-10-12-27-13-11-24/h2-9,14,18H,10-13H2,1H3,(H2,20,26)(H,22,23). The number of carbonyl (C=O) groups excluding carboxylic acids is 1. The molecule has 27 heavy (non-hydrogen) atoms. The molecule has 0 spiro atoms. The highest BCUT2D eigenvalue weighted by molar-refractivity contribution is 5.96. The van der Waals surface area contributed by atoms with Gasteiger partial charge in [-0.1, -0.05) is 24.3 Å². The Morgan fingerprint density at radius 1 is 1.37 bits per heavy atom. The lowest BCUT2D eigenvalue weighted by molar-refractivity contribution is -0.119. The maximum Gasteiger partial charge on any atom is 0.265 e. The Labute approximate surface area is 158 Å². The molecule has 1 aromatic heterocycles. The first-order valence-corrected chi connectivity index (χ1v) is 9.11. The summed E-state index contributed by atoms with van der Waals surface area (Å²) in [7, 11) is 0. The van der Waals surface area contributed by atoms with Gasteiger partial charge in [0.25, 0.3) is 5.91 Å². The number of aromatic nitrogens is 2. The number of allylic oxidation sites excluding steroid dienone is 3. The molecule has 3 unspecified atom stereocenters. The van der Waals surface area contributed by atoms with Crippen LogP contribution in [0.3, 0.4) is 0 Å². The molecule has 1 aliphatic carbocycles. The SMILES string of the molecule is CC1(N2C(C(N)=O)=CC=NC2N2CCOCC2)C=CC=CC1c1ccn[nH]1.